The highest BCUT2D eigenvalue weighted by atomic mass is 35.5. The summed E-state index contributed by atoms with van der Waals surface area (Å²) >= 11 is 5.93. The van der Waals surface area contributed by atoms with Gasteiger partial charge in [0.2, 0.25) is 0 Å². The lowest BCUT2D eigenvalue weighted by Gasteiger charge is -2.08. The summed E-state index contributed by atoms with van der Waals surface area (Å²) in [6.07, 6.45) is 5.08. The van der Waals surface area contributed by atoms with Crippen LogP contribution in [0.3, 0.4) is 0 Å². The van der Waals surface area contributed by atoms with Crippen LogP contribution in [0.5, 0.6) is 0 Å². The number of nitriles is 1. The average Bonchev–Trinajstić information content (AvgIpc) is 2.93. The SMILES string of the molecule is Cc1cc(/C=C(/C#N)C(=O)Nc2cccc(Cl)c2)c(C)n1-c1cccnc1. The largest absolute Gasteiger partial charge is 0.321 e. The first kappa shape index (κ1) is 18.4. The minimum atomic E-state index is -0.481. The zero-order valence-corrected chi connectivity index (χ0v) is 15.7. The number of amides is 1. The number of hydrogen-bond acceptors (Lipinski definition) is 3. The molecule has 3 aromatic rings. The lowest BCUT2D eigenvalue weighted by molar-refractivity contribution is -0.112. The predicted molar refractivity (Wildman–Crippen MR) is 107 cm³/mol. The summed E-state index contributed by atoms with van der Waals surface area (Å²) in [5, 5.41) is 12.7. The van der Waals surface area contributed by atoms with Crippen LogP contribution >= 0.6 is 11.6 Å². The molecule has 3 rings (SSSR count). The molecular formula is C21H17ClN4O. The number of carbonyl (C=O) groups excluding carboxylic acids is 1. The number of nitrogens with zero attached hydrogens (tertiary/aromatic N) is 3. The maximum Gasteiger partial charge on any atom is 0.266 e. The Hall–Kier alpha value is -3.36. The van der Waals surface area contributed by atoms with Crippen molar-refractivity contribution in [3.8, 4) is 11.8 Å². The van der Waals surface area contributed by atoms with Crippen molar-refractivity contribution < 1.29 is 4.79 Å². The maximum atomic E-state index is 12.5. The van der Waals surface area contributed by atoms with Crippen molar-refractivity contribution in [1.82, 2.24) is 9.55 Å². The lowest BCUT2D eigenvalue weighted by Crippen LogP contribution is -2.13. The normalized spacial score (nSPS) is 11.1. The standard InChI is InChI=1S/C21H17ClN4O/c1-14-9-16(15(2)26(14)20-7-4-8-24-13-20)10-17(12-23)21(27)25-19-6-3-5-18(22)11-19/h3-11,13H,1-2H3,(H,25,27)/b17-10-. The Labute approximate surface area is 162 Å². The van der Waals surface area contributed by atoms with E-state index in [1.54, 1.807) is 42.7 Å². The Kier molecular flexibility index (Phi) is 5.39. The van der Waals surface area contributed by atoms with Gasteiger partial charge in [-0.1, -0.05) is 17.7 Å². The zero-order chi connectivity index (χ0) is 19.4. The van der Waals surface area contributed by atoms with E-state index in [-0.39, 0.29) is 5.57 Å². The number of rotatable bonds is 4. The minimum absolute atomic E-state index is 0.0152. The second-order valence-corrected chi connectivity index (χ2v) is 6.44. The van der Waals surface area contributed by atoms with Crippen LogP contribution in [-0.2, 0) is 4.79 Å². The summed E-state index contributed by atoms with van der Waals surface area (Å²) in [5.74, 6) is -0.481. The number of carbonyl (C=O) groups is 1. The molecule has 1 amide bonds. The van der Waals surface area contributed by atoms with E-state index >= 15 is 0 Å². The first-order valence-corrected chi connectivity index (χ1v) is 8.65. The number of aromatic nitrogens is 2. The molecule has 2 aromatic heterocycles. The highest BCUT2D eigenvalue weighted by molar-refractivity contribution is 6.31. The first-order valence-electron chi connectivity index (χ1n) is 8.27. The highest BCUT2D eigenvalue weighted by Crippen LogP contribution is 2.23. The van der Waals surface area contributed by atoms with Crippen molar-refractivity contribution in [1.29, 1.82) is 5.26 Å². The van der Waals surface area contributed by atoms with Crippen molar-refractivity contribution in [2.75, 3.05) is 5.32 Å². The number of benzene rings is 1. The third-order valence-corrected chi connectivity index (χ3v) is 4.36. The van der Waals surface area contributed by atoms with Gasteiger partial charge in [0.1, 0.15) is 11.6 Å². The van der Waals surface area contributed by atoms with Crippen molar-refractivity contribution >= 4 is 29.3 Å². The Bertz CT molecular complexity index is 1060. The van der Waals surface area contributed by atoms with Gasteiger partial charge in [-0.15, -0.1) is 0 Å². The summed E-state index contributed by atoms with van der Waals surface area (Å²) in [6, 6.07) is 14.5. The van der Waals surface area contributed by atoms with Crippen LogP contribution in [0.2, 0.25) is 5.02 Å². The van der Waals surface area contributed by atoms with Gasteiger partial charge in [-0.25, -0.2) is 0 Å². The van der Waals surface area contributed by atoms with Gasteiger partial charge in [0.15, 0.2) is 0 Å². The molecule has 1 N–H and O–H groups in total. The molecule has 0 saturated heterocycles. The van der Waals surface area contributed by atoms with Crippen LogP contribution in [0.1, 0.15) is 17.0 Å². The molecule has 0 aliphatic heterocycles. The molecule has 0 atom stereocenters. The van der Waals surface area contributed by atoms with E-state index < -0.39 is 5.91 Å². The van der Waals surface area contributed by atoms with Crippen LogP contribution in [0.15, 0.2) is 60.4 Å². The molecule has 6 heteroatoms. The maximum absolute atomic E-state index is 12.5. The van der Waals surface area contributed by atoms with Crippen LogP contribution in [0, 0.1) is 25.2 Å². The fourth-order valence-corrected chi connectivity index (χ4v) is 3.08. The summed E-state index contributed by atoms with van der Waals surface area (Å²) < 4.78 is 2.03. The molecule has 0 radical (unpaired) electrons. The quantitative estimate of drug-likeness (QED) is 0.530. The third-order valence-electron chi connectivity index (χ3n) is 4.12. The van der Waals surface area contributed by atoms with Crippen LogP contribution in [-0.4, -0.2) is 15.5 Å². The second-order valence-electron chi connectivity index (χ2n) is 6.01. The summed E-state index contributed by atoms with van der Waals surface area (Å²) in [4.78, 5) is 16.6. The Morgan fingerprint density at radius 3 is 2.74 bits per heavy atom. The number of anilines is 1. The highest BCUT2D eigenvalue weighted by Gasteiger charge is 2.14. The van der Waals surface area contributed by atoms with Gasteiger partial charge in [0.25, 0.3) is 5.91 Å². The number of nitrogens with one attached hydrogen (secondary N) is 1. The molecule has 1 aromatic carbocycles. The van der Waals surface area contributed by atoms with E-state index in [2.05, 4.69) is 10.3 Å². The Balaban J connectivity index is 1.92. The number of aryl methyl sites for hydroxylation is 1. The van der Waals surface area contributed by atoms with Gasteiger partial charge in [0.05, 0.1) is 11.9 Å². The predicted octanol–water partition coefficient (Wildman–Crippen LogP) is 4.69. The summed E-state index contributed by atoms with van der Waals surface area (Å²) in [5.41, 5.74) is 4.18. The second kappa shape index (κ2) is 7.90. The molecule has 0 bridgehead atoms. The molecule has 0 saturated carbocycles. The van der Waals surface area contributed by atoms with Crippen LogP contribution in [0.25, 0.3) is 11.8 Å². The molecule has 0 fully saturated rings. The van der Waals surface area contributed by atoms with Crippen molar-refractivity contribution in [3.63, 3.8) is 0 Å². The average molecular weight is 377 g/mol. The lowest BCUT2D eigenvalue weighted by atomic mass is 10.1. The van der Waals surface area contributed by atoms with Crippen molar-refractivity contribution in [2.24, 2.45) is 0 Å². The zero-order valence-electron chi connectivity index (χ0n) is 14.9. The number of halogens is 1. The van der Waals surface area contributed by atoms with Gasteiger partial charge >= 0.3 is 0 Å². The monoisotopic (exact) mass is 376 g/mol. The molecule has 5 nitrogen and oxygen atoms in total. The number of pyridine rings is 1. The van der Waals surface area contributed by atoms with E-state index in [4.69, 9.17) is 11.6 Å². The summed E-state index contributed by atoms with van der Waals surface area (Å²) in [7, 11) is 0. The van der Waals surface area contributed by atoms with Gasteiger partial charge in [-0.05, 0) is 61.9 Å². The van der Waals surface area contributed by atoms with Gasteiger partial charge in [-0.2, -0.15) is 5.26 Å². The van der Waals surface area contributed by atoms with Gasteiger partial charge < -0.3 is 9.88 Å². The summed E-state index contributed by atoms with van der Waals surface area (Å²) in [6.45, 7) is 3.91. The molecule has 134 valence electrons. The molecule has 27 heavy (non-hydrogen) atoms. The van der Waals surface area contributed by atoms with Crippen molar-refractivity contribution in [2.45, 2.75) is 13.8 Å². The Morgan fingerprint density at radius 2 is 2.07 bits per heavy atom. The Morgan fingerprint density at radius 1 is 1.26 bits per heavy atom. The molecule has 0 spiro atoms. The molecular weight excluding hydrogens is 360 g/mol. The minimum Gasteiger partial charge on any atom is -0.321 e. The smallest absolute Gasteiger partial charge is 0.266 e. The number of hydrogen-bond donors (Lipinski definition) is 1. The van der Waals surface area contributed by atoms with E-state index in [0.717, 1.165) is 22.6 Å². The van der Waals surface area contributed by atoms with E-state index in [1.807, 2.05) is 42.7 Å². The van der Waals surface area contributed by atoms with E-state index in [9.17, 15) is 10.1 Å². The fraction of sp³-hybridized carbons (Fsp3) is 0.0952. The van der Waals surface area contributed by atoms with Crippen LogP contribution in [0.4, 0.5) is 5.69 Å². The first-order chi connectivity index (χ1) is 13.0. The van der Waals surface area contributed by atoms with E-state index in [0.29, 0.717) is 10.7 Å². The topological polar surface area (TPSA) is 70.7 Å². The van der Waals surface area contributed by atoms with Gasteiger partial charge in [-0.3, -0.25) is 9.78 Å². The fourth-order valence-electron chi connectivity index (χ4n) is 2.89. The molecule has 2 heterocycles. The molecule has 0 unspecified atom stereocenters. The van der Waals surface area contributed by atoms with Crippen LogP contribution < -0.4 is 5.32 Å². The molecule has 0 aliphatic rings. The van der Waals surface area contributed by atoms with Gasteiger partial charge in [0, 0.05) is 28.3 Å². The molecule has 0 aliphatic carbocycles. The van der Waals surface area contributed by atoms with Crippen molar-refractivity contribution in [3.05, 3.63) is 82.4 Å². The van der Waals surface area contributed by atoms with E-state index in [1.165, 1.54) is 0 Å². The third kappa shape index (κ3) is 4.08.